The monoisotopic (exact) mass is 588 g/mol. The molecule has 13 heteroatoms. The van der Waals surface area contributed by atoms with Crippen LogP contribution < -0.4 is 5.32 Å². The number of benzene rings is 1. The Morgan fingerprint density at radius 1 is 1.19 bits per heavy atom. The first-order chi connectivity index (χ1) is 17.4. The average Bonchev–Trinajstić information content (AvgIpc) is 2.82. The molecule has 3 heterocycles. The molecule has 1 aromatic carbocycles. The van der Waals surface area contributed by atoms with Gasteiger partial charge in [-0.05, 0) is 32.8 Å². The second-order valence-corrected chi connectivity index (χ2v) is 11.0. The Hall–Kier alpha value is -2.38. The molecule has 3 saturated heterocycles. The minimum absolute atomic E-state index is 0.0593. The third kappa shape index (κ3) is 6.55. The highest BCUT2D eigenvalue weighted by molar-refractivity contribution is 9.10. The zero-order chi connectivity index (χ0) is 26.9. The third-order valence-corrected chi connectivity index (χ3v) is 7.28. The normalized spacial score (nSPS) is 28.0. The van der Waals surface area contributed by atoms with Crippen LogP contribution in [0.15, 0.2) is 16.6 Å². The van der Waals surface area contributed by atoms with Crippen molar-refractivity contribution in [2.75, 3.05) is 44.7 Å². The van der Waals surface area contributed by atoms with E-state index in [0.717, 1.165) is 0 Å². The third-order valence-electron chi connectivity index (χ3n) is 6.82. The molecule has 1 N–H and O–H groups in total. The molecule has 4 atom stereocenters. The summed E-state index contributed by atoms with van der Waals surface area (Å²) in [6, 6.07) is 2.48. The smallest absolute Gasteiger partial charge is 0.294 e. The number of anilines is 1. The lowest BCUT2D eigenvalue weighted by atomic mass is 9.96. The van der Waals surface area contributed by atoms with Gasteiger partial charge in [0, 0.05) is 49.2 Å². The van der Waals surface area contributed by atoms with Crippen LogP contribution in [0.25, 0.3) is 0 Å². The van der Waals surface area contributed by atoms with Crippen LogP contribution in [0.2, 0.25) is 0 Å². The Morgan fingerprint density at radius 3 is 2.54 bits per heavy atom. The molecule has 0 bridgehead atoms. The summed E-state index contributed by atoms with van der Waals surface area (Å²) >= 11 is 3.28. The van der Waals surface area contributed by atoms with Crippen molar-refractivity contribution in [1.29, 1.82) is 0 Å². The van der Waals surface area contributed by atoms with E-state index in [4.69, 9.17) is 9.47 Å². The number of nitro groups is 1. The molecule has 0 aliphatic carbocycles. The van der Waals surface area contributed by atoms with E-state index in [1.54, 1.807) is 11.0 Å². The number of hydrogen-bond donors (Lipinski definition) is 1. The largest absolute Gasteiger partial charge is 0.374 e. The lowest BCUT2D eigenvalue weighted by Gasteiger charge is -2.38. The summed E-state index contributed by atoms with van der Waals surface area (Å²) in [6.07, 6.45) is 0.251. The van der Waals surface area contributed by atoms with Gasteiger partial charge in [-0.3, -0.25) is 19.7 Å². The van der Waals surface area contributed by atoms with Crippen LogP contribution in [-0.2, 0) is 14.3 Å². The molecule has 3 aliphatic rings. The number of nitrogens with one attached hydrogen (secondary N) is 1. The number of likely N-dealkylation sites (tertiary alicyclic amines) is 1. The number of hydrogen-bond acceptors (Lipinski definition) is 7. The molecule has 3 fully saturated rings. The predicted molar refractivity (Wildman–Crippen MR) is 134 cm³/mol. The number of halogens is 3. The first-order valence-corrected chi connectivity index (χ1v) is 13.2. The van der Waals surface area contributed by atoms with Crippen LogP contribution in [-0.4, -0.2) is 90.1 Å². The molecule has 0 spiro atoms. The fourth-order valence-corrected chi connectivity index (χ4v) is 5.76. The Bertz CT molecular complexity index is 1050. The number of carbonyl (C=O) groups is 2. The van der Waals surface area contributed by atoms with Gasteiger partial charge in [0.2, 0.25) is 5.91 Å². The van der Waals surface area contributed by atoms with Gasteiger partial charge in [-0.2, -0.15) is 0 Å². The molecule has 2 amide bonds. The van der Waals surface area contributed by atoms with Gasteiger partial charge in [0.25, 0.3) is 17.5 Å². The predicted octanol–water partition coefficient (Wildman–Crippen LogP) is 3.68. The number of rotatable bonds is 5. The summed E-state index contributed by atoms with van der Waals surface area (Å²) in [7, 11) is 0. The Morgan fingerprint density at radius 2 is 1.89 bits per heavy atom. The molecule has 204 valence electrons. The molecule has 0 aromatic heterocycles. The molecule has 0 saturated carbocycles. The number of ether oxygens (including phenoxy) is 2. The quantitative estimate of drug-likeness (QED) is 0.412. The summed E-state index contributed by atoms with van der Waals surface area (Å²) < 4.78 is 38.7. The van der Waals surface area contributed by atoms with Gasteiger partial charge in [-0.1, -0.05) is 15.9 Å². The maximum Gasteiger partial charge on any atom is 0.294 e. The van der Waals surface area contributed by atoms with Crippen molar-refractivity contribution in [1.82, 2.24) is 9.80 Å². The van der Waals surface area contributed by atoms with E-state index in [1.165, 1.54) is 11.0 Å². The van der Waals surface area contributed by atoms with Crippen LogP contribution in [0.1, 0.15) is 43.5 Å². The van der Waals surface area contributed by atoms with E-state index in [1.807, 2.05) is 13.8 Å². The fourth-order valence-electron chi connectivity index (χ4n) is 5.32. The minimum atomic E-state index is -3.05. The highest BCUT2D eigenvalue weighted by Gasteiger charge is 2.42. The number of piperidine rings is 1. The second-order valence-electron chi connectivity index (χ2n) is 10.1. The van der Waals surface area contributed by atoms with Gasteiger partial charge >= 0.3 is 0 Å². The molecular weight excluding hydrogens is 558 g/mol. The molecule has 10 nitrogen and oxygen atoms in total. The fraction of sp³-hybridized carbons (Fsp3) is 0.667. The summed E-state index contributed by atoms with van der Waals surface area (Å²) in [6.45, 7) is 4.25. The van der Waals surface area contributed by atoms with Crippen LogP contribution in [0.5, 0.6) is 0 Å². The van der Waals surface area contributed by atoms with E-state index < -0.39 is 41.7 Å². The Kier molecular flexibility index (Phi) is 8.34. The van der Waals surface area contributed by atoms with Crippen molar-refractivity contribution < 1.29 is 32.8 Å². The van der Waals surface area contributed by atoms with Crippen molar-refractivity contribution >= 4 is 39.1 Å². The zero-order valence-corrected chi connectivity index (χ0v) is 22.3. The number of carbonyl (C=O) groups excluding carboxylic acids is 2. The number of morpholine rings is 1. The summed E-state index contributed by atoms with van der Waals surface area (Å²) in [4.78, 5) is 41.1. The average molecular weight is 589 g/mol. The van der Waals surface area contributed by atoms with E-state index in [2.05, 4.69) is 21.2 Å². The summed E-state index contributed by atoms with van der Waals surface area (Å²) in [5.41, 5.74) is -0.0427. The number of nitro benzene ring substituents is 1. The van der Waals surface area contributed by atoms with Crippen LogP contribution >= 0.6 is 15.9 Å². The SMILES string of the molecule is C[C@@H]1CN(C(=O)c2cc(Br)cc([N+](=O)[O-])c2N[C@@H]2CCCN(C(=O)C3COCC(F)(F)C3)C2)C[C@H](C)O1. The Labute approximate surface area is 221 Å². The molecule has 0 radical (unpaired) electrons. The maximum atomic E-state index is 13.8. The number of nitrogens with zero attached hydrogens (tertiary/aromatic N) is 3. The maximum absolute atomic E-state index is 13.8. The molecule has 1 unspecified atom stereocenters. The van der Waals surface area contributed by atoms with E-state index >= 15 is 0 Å². The van der Waals surface area contributed by atoms with Gasteiger partial charge in [0.1, 0.15) is 12.3 Å². The summed E-state index contributed by atoms with van der Waals surface area (Å²) in [5.74, 6) is -4.76. The van der Waals surface area contributed by atoms with Gasteiger partial charge in [0.15, 0.2) is 0 Å². The minimum Gasteiger partial charge on any atom is -0.374 e. The van der Waals surface area contributed by atoms with Gasteiger partial charge in [-0.25, -0.2) is 8.78 Å². The van der Waals surface area contributed by atoms with Crippen molar-refractivity contribution in [2.45, 2.75) is 57.3 Å². The van der Waals surface area contributed by atoms with Crippen molar-refractivity contribution in [2.24, 2.45) is 5.92 Å². The highest BCUT2D eigenvalue weighted by atomic mass is 79.9. The van der Waals surface area contributed by atoms with Crippen LogP contribution in [0.4, 0.5) is 20.2 Å². The van der Waals surface area contributed by atoms with E-state index in [-0.39, 0.29) is 48.2 Å². The van der Waals surface area contributed by atoms with Crippen LogP contribution in [0.3, 0.4) is 0 Å². The molecule has 4 rings (SSSR count). The molecule has 3 aliphatic heterocycles. The summed E-state index contributed by atoms with van der Waals surface area (Å²) in [5, 5.41) is 15.1. The number of alkyl halides is 2. The lowest BCUT2D eigenvalue weighted by Crippen LogP contribution is -2.50. The molecule has 37 heavy (non-hydrogen) atoms. The zero-order valence-electron chi connectivity index (χ0n) is 20.8. The first kappa shape index (κ1) is 27.6. The van der Waals surface area contributed by atoms with Crippen molar-refractivity contribution in [3.05, 3.63) is 32.3 Å². The first-order valence-electron chi connectivity index (χ1n) is 12.4. The lowest BCUT2D eigenvalue weighted by molar-refractivity contribution is -0.384. The number of amides is 2. The van der Waals surface area contributed by atoms with Gasteiger partial charge in [-0.15, -0.1) is 0 Å². The highest BCUT2D eigenvalue weighted by Crippen LogP contribution is 2.36. The van der Waals surface area contributed by atoms with Gasteiger partial charge < -0.3 is 24.6 Å². The van der Waals surface area contributed by atoms with Crippen molar-refractivity contribution in [3.63, 3.8) is 0 Å². The van der Waals surface area contributed by atoms with Crippen LogP contribution in [0, 0.1) is 16.0 Å². The molecular formula is C24H31BrF2N4O6. The molecule has 1 aromatic rings. The second kappa shape index (κ2) is 11.2. The van der Waals surface area contributed by atoms with E-state index in [9.17, 15) is 28.5 Å². The Balaban J connectivity index is 1.56. The standard InChI is InChI=1S/C24H31BrF2N4O6/c1-14-9-30(10-15(2)37-14)23(33)19-6-17(25)7-20(31(34)35)21(19)28-18-4-3-5-29(11-18)22(32)16-8-24(26,27)13-36-12-16/h6-7,14-16,18,28H,3-5,8-13H2,1-2H3/t14-,15+,16?,18-/m1/s1. The van der Waals surface area contributed by atoms with E-state index in [0.29, 0.717) is 36.9 Å². The van der Waals surface area contributed by atoms with Crippen molar-refractivity contribution in [3.8, 4) is 0 Å². The topological polar surface area (TPSA) is 114 Å². The van der Waals surface area contributed by atoms with Gasteiger partial charge in [0.05, 0.1) is 35.2 Å².